The van der Waals surface area contributed by atoms with Crippen molar-refractivity contribution >= 4 is 0 Å². The van der Waals surface area contributed by atoms with Crippen LogP contribution in [0.2, 0.25) is 0 Å². The van der Waals surface area contributed by atoms with Crippen LogP contribution >= 0.6 is 0 Å². The van der Waals surface area contributed by atoms with Crippen molar-refractivity contribution < 1.29 is 0 Å². The Bertz CT molecular complexity index is 293. The van der Waals surface area contributed by atoms with Gasteiger partial charge in [-0.2, -0.15) is 0 Å². The Balaban J connectivity index is 2.26. The van der Waals surface area contributed by atoms with Gasteiger partial charge in [0.1, 0.15) is 0 Å². The highest BCUT2D eigenvalue weighted by atomic mass is 15.1. The quantitative estimate of drug-likeness (QED) is 0.714. The lowest BCUT2D eigenvalue weighted by Crippen LogP contribution is -2.23. The molecule has 0 spiro atoms. The van der Waals surface area contributed by atoms with Crippen molar-refractivity contribution in [1.82, 2.24) is 14.9 Å². The first kappa shape index (κ1) is 14.2. The van der Waals surface area contributed by atoms with Crippen LogP contribution in [0.3, 0.4) is 0 Å². The van der Waals surface area contributed by atoms with E-state index in [-0.39, 0.29) is 0 Å². The van der Waals surface area contributed by atoms with Crippen molar-refractivity contribution in [2.24, 2.45) is 5.92 Å². The number of rotatable bonds is 9. The van der Waals surface area contributed by atoms with Gasteiger partial charge in [-0.25, -0.2) is 4.98 Å². The predicted octanol–water partition coefficient (Wildman–Crippen LogP) is 3.21. The molecule has 17 heavy (non-hydrogen) atoms. The number of nitrogens with zero attached hydrogens (tertiary/aromatic N) is 2. The summed E-state index contributed by atoms with van der Waals surface area (Å²) >= 11 is 0. The summed E-state index contributed by atoms with van der Waals surface area (Å²) in [6, 6.07) is 0. The second-order valence-corrected chi connectivity index (χ2v) is 4.72. The van der Waals surface area contributed by atoms with Crippen molar-refractivity contribution in [1.29, 1.82) is 0 Å². The minimum absolute atomic E-state index is 0.827. The molecule has 0 aromatic carbocycles. The number of imidazole rings is 1. The monoisotopic (exact) mass is 237 g/mol. The van der Waals surface area contributed by atoms with Crippen LogP contribution in [0.4, 0.5) is 0 Å². The van der Waals surface area contributed by atoms with Gasteiger partial charge in [-0.05, 0) is 25.8 Å². The molecule has 0 aliphatic carbocycles. The van der Waals surface area contributed by atoms with Gasteiger partial charge >= 0.3 is 0 Å². The highest BCUT2D eigenvalue weighted by molar-refractivity contribution is 4.97. The summed E-state index contributed by atoms with van der Waals surface area (Å²) in [6.45, 7) is 9.78. The SMILES string of the molecule is CCCCC(CC)CNCc1cncn1CC. The van der Waals surface area contributed by atoms with Crippen LogP contribution in [-0.2, 0) is 13.1 Å². The Morgan fingerprint density at radius 2 is 2.18 bits per heavy atom. The van der Waals surface area contributed by atoms with E-state index in [9.17, 15) is 0 Å². The molecule has 1 unspecified atom stereocenters. The molecule has 1 aromatic heterocycles. The topological polar surface area (TPSA) is 29.9 Å². The molecule has 1 heterocycles. The van der Waals surface area contributed by atoms with E-state index in [1.165, 1.54) is 31.4 Å². The van der Waals surface area contributed by atoms with Gasteiger partial charge in [-0.3, -0.25) is 0 Å². The second-order valence-electron chi connectivity index (χ2n) is 4.72. The molecule has 0 bridgehead atoms. The van der Waals surface area contributed by atoms with Crippen molar-refractivity contribution in [2.75, 3.05) is 6.54 Å². The standard InChI is InChI=1S/C14H27N3/c1-4-7-8-13(5-2)9-15-10-14-11-16-12-17(14)6-3/h11-13,15H,4-10H2,1-3H3. The molecular weight excluding hydrogens is 210 g/mol. The third-order valence-corrected chi connectivity index (χ3v) is 3.42. The second kappa shape index (κ2) is 8.29. The lowest BCUT2D eigenvalue weighted by molar-refractivity contribution is 0.416. The van der Waals surface area contributed by atoms with Crippen molar-refractivity contribution in [2.45, 2.75) is 59.5 Å². The van der Waals surface area contributed by atoms with Crippen LogP contribution in [0, 0.1) is 5.92 Å². The van der Waals surface area contributed by atoms with Crippen LogP contribution in [0.25, 0.3) is 0 Å². The van der Waals surface area contributed by atoms with E-state index in [0.717, 1.165) is 25.6 Å². The highest BCUT2D eigenvalue weighted by Gasteiger charge is 2.06. The molecule has 0 aliphatic rings. The van der Waals surface area contributed by atoms with E-state index in [0.29, 0.717) is 0 Å². The Kier molecular flexibility index (Phi) is 6.94. The molecule has 98 valence electrons. The molecule has 1 atom stereocenters. The Labute approximate surface area is 106 Å². The van der Waals surface area contributed by atoms with Gasteiger partial charge < -0.3 is 9.88 Å². The Morgan fingerprint density at radius 1 is 1.35 bits per heavy atom. The molecule has 0 fully saturated rings. The van der Waals surface area contributed by atoms with Crippen LogP contribution in [0.15, 0.2) is 12.5 Å². The Morgan fingerprint density at radius 3 is 2.82 bits per heavy atom. The predicted molar refractivity (Wildman–Crippen MR) is 72.9 cm³/mol. The summed E-state index contributed by atoms with van der Waals surface area (Å²) in [6.07, 6.45) is 9.16. The first-order valence-corrected chi connectivity index (χ1v) is 7.01. The lowest BCUT2D eigenvalue weighted by Gasteiger charge is -2.15. The fourth-order valence-corrected chi connectivity index (χ4v) is 2.13. The zero-order valence-corrected chi connectivity index (χ0v) is 11.6. The van der Waals surface area contributed by atoms with Gasteiger partial charge in [0.15, 0.2) is 0 Å². The fourth-order valence-electron chi connectivity index (χ4n) is 2.13. The molecule has 0 amide bonds. The number of unbranched alkanes of at least 4 members (excludes halogenated alkanes) is 1. The maximum Gasteiger partial charge on any atom is 0.0948 e. The summed E-state index contributed by atoms with van der Waals surface area (Å²) in [5, 5.41) is 3.56. The van der Waals surface area contributed by atoms with Crippen LogP contribution in [0.5, 0.6) is 0 Å². The molecule has 1 rings (SSSR count). The van der Waals surface area contributed by atoms with E-state index < -0.39 is 0 Å². The third-order valence-electron chi connectivity index (χ3n) is 3.42. The van der Waals surface area contributed by atoms with E-state index in [4.69, 9.17) is 0 Å². The third kappa shape index (κ3) is 4.90. The fraction of sp³-hybridized carbons (Fsp3) is 0.786. The summed E-state index contributed by atoms with van der Waals surface area (Å²) in [4.78, 5) is 4.18. The number of aryl methyl sites for hydroxylation is 1. The van der Waals surface area contributed by atoms with Crippen molar-refractivity contribution in [3.05, 3.63) is 18.2 Å². The molecule has 0 saturated carbocycles. The minimum atomic E-state index is 0.827. The number of hydrogen-bond donors (Lipinski definition) is 1. The molecule has 0 radical (unpaired) electrons. The lowest BCUT2D eigenvalue weighted by atomic mass is 9.99. The Hall–Kier alpha value is -0.830. The van der Waals surface area contributed by atoms with Gasteiger partial charge in [0, 0.05) is 19.3 Å². The minimum Gasteiger partial charge on any atom is -0.334 e. The zero-order valence-electron chi connectivity index (χ0n) is 11.6. The smallest absolute Gasteiger partial charge is 0.0948 e. The zero-order chi connectivity index (χ0) is 12.5. The summed E-state index contributed by atoms with van der Waals surface area (Å²) < 4.78 is 2.19. The average Bonchev–Trinajstić information content (AvgIpc) is 2.81. The number of hydrogen-bond acceptors (Lipinski definition) is 2. The van der Waals surface area contributed by atoms with E-state index in [1.54, 1.807) is 0 Å². The summed E-state index contributed by atoms with van der Waals surface area (Å²) in [5.74, 6) is 0.827. The maximum absolute atomic E-state index is 4.18. The molecule has 3 heteroatoms. The summed E-state index contributed by atoms with van der Waals surface area (Å²) in [5.41, 5.74) is 1.29. The maximum atomic E-state index is 4.18. The van der Waals surface area contributed by atoms with Crippen LogP contribution in [0.1, 0.15) is 52.1 Å². The molecular formula is C14H27N3. The van der Waals surface area contributed by atoms with Gasteiger partial charge in [-0.1, -0.05) is 33.1 Å². The first-order valence-electron chi connectivity index (χ1n) is 7.01. The van der Waals surface area contributed by atoms with Crippen LogP contribution in [-0.4, -0.2) is 16.1 Å². The molecule has 1 aromatic rings. The highest BCUT2D eigenvalue weighted by Crippen LogP contribution is 2.11. The normalized spacial score (nSPS) is 12.9. The van der Waals surface area contributed by atoms with Gasteiger partial charge in [-0.15, -0.1) is 0 Å². The van der Waals surface area contributed by atoms with Crippen LogP contribution < -0.4 is 5.32 Å². The van der Waals surface area contributed by atoms with Gasteiger partial charge in [0.05, 0.1) is 12.0 Å². The molecule has 1 N–H and O–H groups in total. The molecule has 3 nitrogen and oxygen atoms in total. The molecule has 0 saturated heterocycles. The van der Waals surface area contributed by atoms with E-state index >= 15 is 0 Å². The van der Waals surface area contributed by atoms with Crippen molar-refractivity contribution in [3.8, 4) is 0 Å². The van der Waals surface area contributed by atoms with E-state index in [1.807, 2.05) is 12.5 Å². The number of nitrogens with one attached hydrogen (secondary N) is 1. The first-order chi connectivity index (χ1) is 8.31. The largest absolute Gasteiger partial charge is 0.334 e. The van der Waals surface area contributed by atoms with E-state index in [2.05, 4.69) is 35.6 Å². The number of aromatic nitrogens is 2. The average molecular weight is 237 g/mol. The molecule has 0 aliphatic heterocycles. The van der Waals surface area contributed by atoms with Gasteiger partial charge in [0.25, 0.3) is 0 Å². The van der Waals surface area contributed by atoms with Gasteiger partial charge in [0.2, 0.25) is 0 Å². The van der Waals surface area contributed by atoms with Crippen molar-refractivity contribution in [3.63, 3.8) is 0 Å². The summed E-state index contributed by atoms with van der Waals surface area (Å²) in [7, 11) is 0.